The van der Waals surface area contributed by atoms with Gasteiger partial charge in [-0.25, -0.2) is 9.37 Å². The van der Waals surface area contributed by atoms with Gasteiger partial charge in [0.05, 0.1) is 12.2 Å². The minimum Gasteiger partial charge on any atom is -0.444 e. The van der Waals surface area contributed by atoms with Crippen LogP contribution >= 0.6 is 24.0 Å². The fraction of sp³-hybridized carbons (Fsp3) is 0.421. The molecule has 28 heavy (non-hydrogen) atoms. The predicted molar refractivity (Wildman–Crippen MR) is 118 cm³/mol. The molecule has 2 rings (SSSR count). The van der Waals surface area contributed by atoms with E-state index in [1.54, 1.807) is 25.4 Å². The maximum absolute atomic E-state index is 13.0. The SMILES string of the molecule is CN=C(NCCc1coc(-c2ccc(F)cc2)n1)NCC(=O)NC(C)(C)C.I. The molecule has 1 aromatic heterocycles. The summed E-state index contributed by atoms with van der Waals surface area (Å²) in [5, 5.41) is 8.95. The van der Waals surface area contributed by atoms with Crippen molar-refractivity contribution in [1.29, 1.82) is 0 Å². The highest BCUT2D eigenvalue weighted by atomic mass is 127. The lowest BCUT2D eigenvalue weighted by atomic mass is 10.1. The molecule has 2 aromatic rings. The average Bonchev–Trinajstić information content (AvgIpc) is 3.06. The van der Waals surface area contributed by atoms with Crippen LogP contribution < -0.4 is 16.0 Å². The number of carbonyl (C=O) groups excluding carboxylic acids is 1. The molecule has 0 aliphatic heterocycles. The number of carbonyl (C=O) groups is 1. The van der Waals surface area contributed by atoms with E-state index in [9.17, 15) is 9.18 Å². The Labute approximate surface area is 181 Å². The number of aliphatic imine (C=N–C) groups is 1. The summed E-state index contributed by atoms with van der Waals surface area (Å²) >= 11 is 0. The minimum atomic E-state index is -0.301. The number of halogens is 2. The van der Waals surface area contributed by atoms with Crippen LogP contribution in [0.25, 0.3) is 11.5 Å². The Hall–Kier alpha value is -2.17. The molecule has 0 saturated carbocycles. The molecular formula is C19H27FIN5O2. The number of hydrogen-bond acceptors (Lipinski definition) is 4. The molecule has 0 fully saturated rings. The van der Waals surface area contributed by atoms with Gasteiger partial charge in [-0.15, -0.1) is 24.0 Å². The van der Waals surface area contributed by atoms with Gasteiger partial charge in [-0.2, -0.15) is 0 Å². The van der Waals surface area contributed by atoms with Crippen LogP contribution in [0.4, 0.5) is 4.39 Å². The number of benzene rings is 1. The largest absolute Gasteiger partial charge is 0.444 e. The van der Waals surface area contributed by atoms with Gasteiger partial charge in [0, 0.05) is 31.1 Å². The zero-order chi connectivity index (χ0) is 19.9. The summed E-state index contributed by atoms with van der Waals surface area (Å²) in [5.74, 6) is 0.573. The zero-order valence-corrected chi connectivity index (χ0v) is 18.8. The highest BCUT2D eigenvalue weighted by Gasteiger charge is 2.13. The van der Waals surface area contributed by atoms with E-state index < -0.39 is 0 Å². The van der Waals surface area contributed by atoms with E-state index in [1.165, 1.54) is 12.1 Å². The molecule has 9 heteroatoms. The fourth-order valence-corrected chi connectivity index (χ4v) is 2.30. The maximum atomic E-state index is 13.0. The van der Waals surface area contributed by atoms with Crippen LogP contribution in [0.15, 0.2) is 39.9 Å². The maximum Gasteiger partial charge on any atom is 0.239 e. The molecule has 0 saturated heterocycles. The van der Waals surface area contributed by atoms with Gasteiger partial charge < -0.3 is 20.4 Å². The molecule has 0 spiro atoms. The van der Waals surface area contributed by atoms with Crippen molar-refractivity contribution in [2.24, 2.45) is 4.99 Å². The highest BCUT2D eigenvalue weighted by Crippen LogP contribution is 2.18. The number of nitrogens with zero attached hydrogens (tertiary/aromatic N) is 2. The molecule has 0 atom stereocenters. The Morgan fingerprint density at radius 1 is 1.21 bits per heavy atom. The average molecular weight is 503 g/mol. The van der Waals surface area contributed by atoms with E-state index in [4.69, 9.17) is 4.42 Å². The Kier molecular flexibility index (Phi) is 9.36. The van der Waals surface area contributed by atoms with Crippen molar-refractivity contribution in [3.05, 3.63) is 42.0 Å². The van der Waals surface area contributed by atoms with Gasteiger partial charge in [-0.3, -0.25) is 9.79 Å². The van der Waals surface area contributed by atoms with Crippen molar-refractivity contribution in [3.8, 4) is 11.5 Å². The molecule has 1 aromatic carbocycles. The molecule has 3 N–H and O–H groups in total. The summed E-state index contributed by atoms with van der Waals surface area (Å²) in [6, 6.07) is 5.98. The number of aromatic nitrogens is 1. The first kappa shape index (κ1) is 23.9. The molecule has 1 heterocycles. The van der Waals surface area contributed by atoms with Crippen molar-refractivity contribution in [2.75, 3.05) is 20.1 Å². The Bertz CT molecular complexity index is 784. The molecule has 0 aliphatic rings. The molecular weight excluding hydrogens is 476 g/mol. The second-order valence-electron chi connectivity index (χ2n) is 7.05. The van der Waals surface area contributed by atoms with Gasteiger partial charge in [0.2, 0.25) is 11.8 Å². The molecule has 7 nitrogen and oxygen atoms in total. The normalized spacial score (nSPS) is 11.5. The number of amides is 1. The van der Waals surface area contributed by atoms with Crippen LogP contribution in [0, 0.1) is 5.82 Å². The number of rotatable bonds is 6. The standard InChI is InChI=1S/C19H26FN5O2.HI/c1-19(2,3)25-16(26)11-23-18(21-4)22-10-9-15-12-27-17(24-15)13-5-7-14(20)8-6-13;/h5-8,12H,9-11H2,1-4H3,(H,25,26)(H2,21,22,23);1H. The quantitative estimate of drug-likeness (QED) is 0.321. The van der Waals surface area contributed by atoms with E-state index in [-0.39, 0.29) is 47.8 Å². The van der Waals surface area contributed by atoms with E-state index >= 15 is 0 Å². The number of oxazole rings is 1. The number of nitrogens with one attached hydrogen (secondary N) is 3. The first-order valence-electron chi connectivity index (χ1n) is 8.73. The molecule has 154 valence electrons. The minimum absolute atomic E-state index is 0. The lowest BCUT2D eigenvalue weighted by molar-refractivity contribution is -0.121. The molecule has 0 aliphatic carbocycles. The topological polar surface area (TPSA) is 91.6 Å². The van der Waals surface area contributed by atoms with Crippen molar-refractivity contribution in [3.63, 3.8) is 0 Å². The third kappa shape index (κ3) is 8.24. The first-order chi connectivity index (χ1) is 12.8. The van der Waals surface area contributed by atoms with Crippen LogP contribution in [-0.4, -0.2) is 42.5 Å². The van der Waals surface area contributed by atoms with Crippen LogP contribution in [0.3, 0.4) is 0 Å². The van der Waals surface area contributed by atoms with Gasteiger partial charge in [0.1, 0.15) is 12.1 Å². The smallest absolute Gasteiger partial charge is 0.239 e. The van der Waals surface area contributed by atoms with Crippen LogP contribution in [0.5, 0.6) is 0 Å². The Morgan fingerprint density at radius 3 is 2.50 bits per heavy atom. The van der Waals surface area contributed by atoms with E-state index in [0.29, 0.717) is 24.8 Å². The van der Waals surface area contributed by atoms with Crippen molar-refractivity contribution >= 4 is 35.8 Å². The van der Waals surface area contributed by atoms with Gasteiger partial charge in [-0.1, -0.05) is 0 Å². The Balaban J connectivity index is 0.00000392. The van der Waals surface area contributed by atoms with Gasteiger partial charge >= 0.3 is 0 Å². The van der Waals surface area contributed by atoms with Crippen LogP contribution in [0.2, 0.25) is 0 Å². The van der Waals surface area contributed by atoms with Crippen molar-refractivity contribution in [1.82, 2.24) is 20.9 Å². The summed E-state index contributed by atoms with van der Waals surface area (Å²) in [7, 11) is 1.64. The predicted octanol–water partition coefficient (Wildman–Crippen LogP) is 2.72. The van der Waals surface area contributed by atoms with Gasteiger partial charge in [-0.05, 0) is 45.0 Å². The monoisotopic (exact) mass is 503 g/mol. The van der Waals surface area contributed by atoms with Gasteiger partial charge in [0.15, 0.2) is 5.96 Å². The molecule has 0 radical (unpaired) electrons. The molecule has 1 amide bonds. The highest BCUT2D eigenvalue weighted by molar-refractivity contribution is 14.0. The summed E-state index contributed by atoms with van der Waals surface area (Å²) in [6.45, 7) is 6.48. The van der Waals surface area contributed by atoms with Crippen molar-refractivity contribution in [2.45, 2.75) is 32.7 Å². The van der Waals surface area contributed by atoms with Crippen molar-refractivity contribution < 1.29 is 13.6 Å². The second kappa shape index (κ2) is 11.0. The zero-order valence-electron chi connectivity index (χ0n) is 16.5. The lowest BCUT2D eigenvalue weighted by Gasteiger charge is -2.21. The molecule has 0 bridgehead atoms. The summed E-state index contributed by atoms with van der Waals surface area (Å²) < 4.78 is 18.4. The Morgan fingerprint density at radius 2 is 1.89 bits per heavy atom. The third-order valence-electron chi connectivity index (χ3n) is 3.47. The summed E-state index contributed by atoms with van der Waals surface area (Å²) in [4.78, 5) is 20.3. The van der Waals surface area contributed by atoms with Gasteiger partial charge in [0.25, 0.3) is 0 Å². The lowest BCUT2D eigenvalue weighted by Crippen LogP contribution is -2.48. The third-order valence-corrected chi connectivity index (χ3v) is 3.47. The second-order valence-corrected chi connectivity index (χ2v) is 7.05. The number of hydrogen-bond donors (Lipinski definition) is 3. The number of guanidine groups is 1. The fourth-order valence-electron chi connectivity index (χ4n) is 2.30. The van der Waals surface area contributed by atoms with E-state index in [2.05, 4.69) is 25.9 Å². The first-order valence-corrected chi connectivity index (χ1v) is 8.73. The van der Waals surface area contributed by atoms with Crippen LogP contribution in [0.1, 0.15) is 26.5 Å². The summed E-state index contributed by atoms with van der Waals surface area (Å²) in [6.07, 6.45) is 2.19. The van der Waals surface area contributed by atoms with E-state index in [1.807, 2.05) is 20.8 Å². The van der Waals surface area contributed by atoms with E-state index in [0.717, 1.165) is 11.3 Å². The summed E-state index contributed by atoms with van der Waals surface area (Å²) in [5.41, 5.74) is 1.21. The van der Waals surface area contributed by atoms with Crippen LogP contribution in [-0.2, 0) is 11.2 Å². The molecule has 0 unspecified atom stereocenters.